The standard InChI is InChI=1S/C11H21N5O.ClH/c1-4-6-11(2,12)10(17)13-7-5-9-14-8-16(3)15-9;/h8H,4-7,12H2,1-3H3,(H,13,17);1H. The average molecular weight is 276 g/mol. The van der Waals surface area contributed by atoms with E-state index < -0.39 is 5.54 Å². The van der Waals surface area contributed by atoms with Crippen molar-refractivity contribution in [1.29, 1.82) is 0 Å². The third kappa shape index (κ3) is 5.01. The molecule has 0 aliphatic rings. The summed E-state index contributed by atoms with van der Waals surface area (Å²) in [4.78, 5) is 15.8. The Labute approximate surface area is 114 Å². The van der Waals surface area contributed by atoms with E-state index in [1.54, 1.807) is 17.9 Å². The van der Waals surface area contributed by atoms with Gasteiger partial charge in [0.25, 0.3) is 0 Å². The van der Waals surface area contributed by atoms with Gasteiger partial charge in [-0.2, -0.15) is 5.10 Å². The minimum atomic E-state index is -0.785. The zero-order valence-corrected chi connectivity index (χ0v) is 12.0. The third-order valence-corrected chi connectivity index (χ3v) is 2.57. The number of rotatable bonds is 6. The number of hydrogen-bond acceptors (Lipinski definition) is 4. The normalized spacial score (nSPS) is 13.6. The van der Waals surface area contributed by atoms with Gasteiger partial charge in [-0.15, -0.1) is 12.4 Å². The lowest BCUT2D eigenvalue weighted by atomic mass is 9.96. The molecule has 0 radical (unpaired) electrons. The Morgan fingerprint density at radius 1 is 1.61 bits per heavy atom. The summed E-state index contributed by atoms with van der Waals surface area (Å²) in [5.74, 6) is 0.609. The van der Waals surface area contributed by atoms with E-state index in [9.17, 15) is 4.79 Å². The van der Waals surface area contributed by atoms with Crippen LogP contribution >= 0.6 is 12.4 Å². The summed E-state index contributed by atoms with van der Waals surface area (Å²) in [7, 11) is 1.81. The first-order valence-electron chi connectivity index (χ1n) is 5.87. The molecule has 3 N–H and O–H groups in total. The van der Waals surface area contributed by atoms with Gasteiger partial charge >= 0.3 is 0 Å². The van der Waals surface area contributed by atoms with Crippen molar-refractivity contribution in [3.8, 4) is 0 Å². The molecule has 1 rings (SSSR count). The molecule has 1 aromatic heterocycles. The summed E-state index contributed by atoms with van der Waals surface area (Å²) in [6.07, 6.45) is 3.83. The lowest BCUT2D eigenvalue weighted by molar-refractivity contribution is -0.126. The van der Waals surface area contributed by atoms with Crippen molar-refractivity contribution < 1.29 is 4.79 Å². The summed E-state index contributed by atoms with van der Waals surface area (Å²) in [6, 6.07) is 0. The number of hydrogen-bond donors (Lipinski definition) is 2. The molecule has 6 nitrogen and oxygen atoms in total. The van der Waals surface area contributed by atoms with Crippen LogP contribution in [0.15, 0.2) is 6.33 Å². The Balaban J connectivity index is 0.00000289. The highest BCUT2D eigenvalue weighted by Crippen LogP contribution is 2.08. The fourth-order valence-electron chi connectivity index (χ4n) is 1.62. The monoisotopic (exact) mass is 275 g/mol. The largest absolute Gasteiger partial charge is 0.354 e. The third-order valence-electron chi connectivity index (χ3n) is 2.57. The highest BCUT2D eigenvalue weighted by molar-refractivity contribution is 5.85. The maximum Gasteiger partial charge on any atom is 0.239 e. The highest BCUT2D eigenvalue weighted by atomic mass is 35.5. The molecule has 1 atom stereocenters. The van der Waals surface area contributed by atoms with Gasteiger partial charge < -0.3 is 11.1 Å². The van der Waals surface area contributed by atoms with E-state index >= 15 is 0 Å². The second kappa shape index (κ2) is 7.33. The number of aryl methyl sites for hydroxylation is 1. The van der Waals surface area contributed by atoms with E-state index in [0.717, 1.165) is 12.2 Å². The van der Waals surface area contributed by atoms with Crippen LogP contribution in [0.25, 0.3) is 0 Å². The Bertz CT molecular complexity index is 377. The molecule has 7 heteroatoms. The number of amides is 1. The molecule has 0 spiro atoms. The van der Waals surface area contributed by atoms with Crippen LogP contribution in [-0.2, 0) is 18.3 Å². The van der Waals surface area contributed by atoms with Gasteiger partial charge in [-0.05, 0) is 13.3 Å². The van der Waals surface area contributed by atoms with E-state index in [4.69, 9.17) is 5.73 Å². The number of nitrogens with one attached hydrogen (secondary N) is 1. The quantitative estimate of drug-likeness (QED) is 0.788. The van der Waals surface area contributed by atoms with Gasteiger partial charge in [0, 0.05) is 20.0 Å². The Kier molecular flexibility index (Phi) is 6.86. The van der Waals surface area contributed by atoms with Crippen molar-refractivity contribution in [2.75, 3.05) is 6.54 Å². The van der Waals surface area contributed by atoms with E-state index in [-0.39, 0.29) is 18.3 Å². The first-order chi connectivity index (χ1) is 7.95. The molecule has 1 unspecified atom stereocenters. The molecule has 1 heterocycles. The fraction of sp³-hybridized carbons (Fsp3) is 0.727. The topological polar surface area (TPSA) is 85.8 Å². The van der Waals surface area contributed by atoms with Gasteiger partial charge in [0.1, 0.15) is 6.33 Å². The molecule has 0 fully saturated rings. The molecule has 104 valence electrons. The van der Waals surface area contributed by atoms with Crippen LogP contribution in [0.3, 0.4) is 0 Å². The molecular formula is C11H22ClN5O. The van der Waals surface area contributed by atoms with E-state index in [0.29, 0.717) is 19.4 Å². The summed E-state index contributed by atoms with van der Waals surface area (Å²) >= 11 is 0. The second-order valence-electron chi connectivity index (χ2n) is 4.51. The molecule has 0 saturated heterocycles. The maximum atomic E-state index is 11.8. The molecular weight excluding hydrogens is 254 g/mol. The van der Waals surface area contributed by atoms with Crippen LogP contribution in [-0.4, -0.2) is 32.8 Å². The number of halogens is 1. The summed E-state index contributed by atoms with van der Waals surface area (Å²) < 4.78 is 1.64. The zero-order chi connectivity index (χ0) is 12.9. The minimum absolute atomic E-state index is 0. The molecule has 18 heavy (non-hydrogen) atoms. The van der Waals surface area contributed by atoms with Crippen molar-refractivity contribution >= 4 is 18.3 Å². The van der Waals surface area contributed by atoms with Crippen molar-refractivity contribution in [1.82, 2.24) is 20.1 Å². The van der Waals surface area contributed by atoms with Gasteiger partial charge in [0.15, 0.2) is 5.82 Å². The van der Waals surface area contributed by atoms with E-state index in [2.05, 4.69) is 15.4 Å². The maximum absolute atomic E-state index is 11.8. The molecule has 0 aliphatic carbocycles. The van der Waals surface area contributed by atoms with Crippen LogP contribution in [0.4, 0.5) is 0 Å². The van der Waals surface area contributed by atoms with Crippen molar-refractivity contribution in [3.63, 3.8) is 0 Å². The van der Waals surface area contributed by atoms with Crippen LogP contribution in [0.2, 0.25) is 0 Å². The SMILES string of the molecule is CCCC(C)(N)C(=O)NCCc1ncn(C)n1.Cl. The summed E-state index contributed by atoms with van der Waals surface area (Å²) in [6.45, 7) is 4.28. The summed E-state index contributed by atoms with van der Waals surface area (Å²) in [5.41, 5.74) is 5.12. The van der Waals surface area contributed by atoms with E-state index in [1.807, 2.05) is 14.0 Å². The number of carbonyl (C=O) groups excluding carboxylic acids is 1. The fourth-order valence-corrected chi connectivity index (χ4v) is 1.62. The van der Waals surface area contributed by atoms with Crippen LogP contribution in [0.5, 0.6) is 0 Å². The summed E-state index contributed by atoms with van der Waals surface area (Å²) in [5, 5.41) is 6.94. The van der Waals surface area contributed by atoms with Gasteiger partial charge in [0.2, 0.25) is 5.91 Å². The smallest absolute Gasteiger partial charge is 0.239 e. The first-order valence-corrected chi connectivity index (χ1v) is 5.87. The predicted octanol–water partition coefficient (Wildman–Crippen LogP) is 0.413. The first kappa shape index (κ1) is 16.9. The zero-order valence-electron chi connectivity index (χ0n) is 11.1. The van der Waals surface area contributed by atoms with Gasteiger partial charge in [-0.25, -0.2) is 4.98 Å². The lowest BCUT2D eigenvalue weighted by Gasteiger charge is -2.22. The van der Waals surface area contributed by atoms with Gasteiger partial charge in [0.05, 0.1) is 5.54 Å². The number of nitrogens with zero attached hydrogens (tertiary/aromatic N) is 3. The molecule has 1 amide bonds. The van der Waals surface area contributed by atoms with Gasteiger partial charge in [-0.3, -0.25) is 9.48 Å². The Hall–Kier alpha value is -1.14. The van der Waals surface area contributed by atoms with Crippen LogP contribution in [0, 0.1) is 0 Å². The van der Waals surface area contributed by atoms with Gasteiger partial charge in [-0.1, -0.05) is 13.3 Å². The van der Waals surface area contributed by atoms with Crippen molar-refractivity contribution in [2.24, 2.45) is 12.8 Å². The Morgan fingerprint density at radius 2 is 2.28 bits per heavy atom. The average Bonchev–Trinajstić information content (AvgIpc) is 2.64. The molecule has 0 saturated carbocycles. The number of nitrogens with two attached hydrogens (primary N) is 1. The molecule has 0 bridgehead atoms. The van der Waals surface area contributed by atoms with Crippen LogP contribution < -0.4 is 11.1 Å². The Morgan fingerprint density at radius 3 is 2.78 bits per heavy atom. The molecule has 0 aromatic carbocycles. The lowest BCUT2D eigenvalue weighted by Crippen LogP contribution is -2.51. The minimum Gasteiger partial charge on any atom is -0.354 e. The van der Waals surface area contributed by atoms with Crippen molar-refractivity contribution in [2.45, 2.75) is 38.6 Å². The molecule has 0 aliphatic heterocycles. The van der Waals surface area contributed by atoms with Crippen LogP contribution in [0.1, 0.15) is 32.5 Å². The van der Waals surface area contributed by atoms with E-state index in [1.165, 1.54) is 0 Å². The van der Waals surface area contributed by atoms with Crippen molar-refractivity contribution in [3.05, 3.63) is 12.2 Å². The highest BCUT2D eigenvalue weighted by Gasteiger charge is 2.26. The number of aromatic nitrogens is 3. The molecule has 1 aromatic rings. The number of carbonyl (C=O) groups is 1. The predicted molar refractivity (Wildman–Crippen MR) is 72.5 cm³/mol. The second-order valence-corrected chi connectivity index (χ2v) is 4.51.